The van der Waals surface area contributed by atoms with Crippen LogP contribution in [0.4, 0.5) is 5.82 Å². The molecule has 2 rings (SSSR count). The first-order chi connectivity index (χ1) is 8.60. The number of hydrogen-bond donors (Lipinski definition) is 1. The number of nitrogen functional groups attached to an aromatic ring is 1. The molecule has 0 saturated carbocycles. The zero-order chi connectivity index (χ0) is 13.1. The molecule has 2 N–H and O–H groups in total. The highest BCUT2D eigenvalue weighted by molar-refractivity contribution is 6.36. The summed E-state index contributed by atoms with van der Waals surface area (Å²) in [6, 6.07) is 9.23. The number of halogens is 2. The zero-order valence-electron chi connectivity index (χ0n) is 9.78. The van der Waals surface area contributed by atoms with Crippen molar-refractivity contribution in [2.75, 3.05) is 5.73 Å². The van der Waals surface area contributed by atoms with E-state index >= 15 is 0 Å². The minimum Gasteiger partial charge on any atom is -0.437 e. The average molecular weight is 283 g/mol. The fourth-order valence-electron chi connectivity index (χ4n) is 1.48. The van der Waals surface area contributed by atoms with E-state index in [1.165, 1.54) is 11.6 Å². The van der Waals surface area contributed by atoms with E-state index in [1.807, 2.05) is 24.3 Å². The van der Waals surface area contributed by atoms with E-state index in [4.69, 9.17) is 33.7 Å². The summed E-state index contributed by atoms with van der Waals surface area (Å²) in [4.78, 5) is 4.01. The van der Waals surface area contributed by atoms with Gasteiger partial charge in [0, 0.05) is 0 Å². The summed E-state index contributed by atoms with van der Waals surface area (Å²) < 4.78 is 5.61. The molecule has 1 aromatic carbocycles. The van der Waals surface area contributed by atoms with Gasteiger partial charge in [0.1, 0.15) is 16.6 Å². The molecule has 0 bridgehead atoms. The van der Waals surface area contributed by atoms with Crippen molar-refractivity contribution in [1.82, 2.24) is 4.98 Å². The van der Waals surface area contributed by atoms with E-state index in [-0.39, 0.29) is 11.7 Å². The number of pyridine rings is 1. The Hall–Kier alpha value is -1.45. The summed E-state index contributed by atoms with van der Waals surface area (Å²) in [6.07, 6.45) is 0.932. The molecule has 18 heavy (non-hydrogen) atoms. The molecule has 3 nitrogen and oxygen atoms in total. The molecular weight excluding hydrogens is 271 g/mol. The lowest BCUT2D eigenvalue weighted by Gasteiger charge is -2.09. The minimum absolute atomic E-state index is 0.197. The van der Waals surface area contributed by atoms with Gasteiger partial charge in [-0.3, -0.25) is 0 Å². The van der Waals surface area contributed by atoms with Crippen LogP contribution in [0.5, 0.6) is 11.6 Å². The predicted octanol–water partition coefficient (Wildman–Crippen LogP) is 4.33. The maximum absolute atomic E-state index is 6.00. The van der Waals surface area contributed by atoms with Crippen molar-refractivity contribution in [2.24, 2.45) is 0 Å². The third-order valence-electron chi connectivity index (χ3n) is 2.45. The first-order valence-corrected chi connectivity index (χ1v) is 6.24. The van der Waals surface area contributed by atoms with E-state index in [9.17, 15) is 0 Å². The van der Waals surface area contributed by atoms with E-state index in [1.54, 1.807) is 0 Å². The van der Waals surface area contributed by atoms with Gasteiger partial charge in [-0.25, -0.2) is 0 Å². The Morgan fingerprint density at radius 3 is 2.72 bits per heavy atom. The number of nitrogens with two attached hydrogens (primary N) is 1. The molecule has 0 saturated heterocycles. The Labute approximate surface area is 115 Å². The molecule has 0 amide bonds. The molecule has 0 atom stereocenters. The molecule has 0 spiro atoms. The van der Waals surface area contributed by atoms with Crippen molar-refractivity contribution in [1.29, 1.82) is 0 Å². The van der Waals surface area contributed by atoms with Crippen molar-refractivity contribution in [3.63, 3.8) is 0 Å². The summed E-state index contributed by atoms with van der Waals surface area (Å²) in [7, 11) is 0. The minimum atomic E-state index is 0.197. The van der Waals surface area contributed by atoms with Crippen LogP contribution in [0, 0.1) is 0 Å². The number of ether oxygens (including phenoxy) is 1. The molecule has 0 aliphatic heterocycles. The number of aromatic nitrogens is 1. The predicted molar refractivity (Wildman–Crippen MR) is 74.6 cm³/mol. The molecule has 0 unspecified atom stereocenters. The number of nitrogens with zero attached hydrogens (tertiary/aromatic N) is 1. The van der Waals surface area contributed by atoms with Crippen LogP contribution in [0.15, 0.2) is 30.3 Å². The van der Waals surface area contributed by atoms with Gasteiger partial charge in [0.05, 0.1) is 5.02 Å². The lowest BCUT2D eigenvalue weighted by Crippen LogP contribution is -1.96. The summed E-state index contributed by atoms with van der Waals surface area (Å²) in [5.41, 5.74) is 6.79. The zero-order valence-corrected chi connectivity index (χ0v) is 11.3. The number of benzene rings is 1. The summed E-state index contributed by atoms with van der Waals surface area (Å²) >= 11 is 11.8. The number of aryl methyl sites for hydroxylation is 1. The molecule has 0 radical (unpaired) electrons. The summed E-state index contributed by atoms with van der Waals surface area (Å²) in [5.74, 6) is 1.13. The second kappa shape index (κ2) is 5.46. The van der Waals surface area contributed by atoms with Crippen molar-refractivity contribution < 1.29 is 4.74 Å². The fourth-order valence-corrected chi connectivity index (χ4v) is 1.87. The van der Waals surface area contributed by atoms with Crippen molar-refractivity contribution >= 4 is 29.0 Å². The molecule has 1 heterocycles. The largest absolute Gasteiger partial charge is 0.437 e. The van der Waals surface area contributed by atoms with E-state index < -0.39 is 0 Å². The first-order valence-electron chi connectivity index (χ1n) is 5.48. The van der Waals surface area contributed by atoms with E-state index in [2.05, 4.69) is 11.9 Å². The lowest BCUT2D eigenvalue weighted by molar-refractivity contribution is 0.463. The summed E-state index contributed by atoms with van der Waals surface area (Å²) in [5, 5.41) is 0.644. The highest BCUT2D eigenvalue weighted by Gasteiger charge is 2.09. The van der Waals surface area contributed by atoms with Gasteiger partial charge in [0.2, 0.25) is 5.88 Å². The van der Waals surface area contributed by atoms with E-state index in [0.717, 1.165) is 6.42 Å². The molecule has 0 aliphatic rings. The first kappa shape index (κ1) is 13.0. The van der Waals surface area contributed by atoms with Crippen molar-refractivity contribution in [3.8, 4) is 11.6 Å². The molecule has 94 valence electrons. The van der Waals surface area contributed by atoms with Gasteiger partial charge in [0.15, 0.2) is 0 Å². The quantitative estimate of drug-likeness (QED) is 0.912. The SMILES string of the molecule is CCc1cccc(Oc2nc(N)c(Cl)cc2Cl)c1. The molecule has 5 heteroatoms. The second-order valence-corrected chi connectivity index (χ2v) is 4.56. The average Bonchev–Trinajstić information content (AvgIpc) is 2.36. The van der Waals surface area contributed by atoms with Crippen molar-refractivity contribution in [2.45, 2.75) is 13.3 Å². The van der Waals surface area contributed by atoms with Gasteiger partial charge in [-0.1, -0.05) is 42.3 Å². The third-order valence-corrected chi connectivity index (χ3v) is 3.02. The van der Waals surface area contributed by atoms with Crippen LogP contribution in [0.3, 0.4) is 0 Å². The van der Waals surface area contributed by atoms with Gasteiger partial charge >= 0.3 is 0 Å². The summed E-state index contributed by atoms with van der Waals surface area (Å²) in [6.45, 7) is 2.07. The highest BCUT2D eigenvalue weighted by Crippen LogP contribution is 2.32. The number of rotatable bonds is 3. The van der Waals surface area contributed by atoms with Crippen LogP contribution in [0.1, 0.15) is 12.5 Å². The van der Waals surface area contributed by atoms with Crippen LogP contribution in [-0.4, -0.2) is 4.98 Å². The second-order valence-electron chi connectivity index (χ2n) is 3.75. The Balaban J connectivity index is 2.30. The monoisotopic (exact) mass is 282 g/mol. The van der Waals surface area contributed by atoms with Gasteiger partial charge < -0.3 is 10.5 Å². The number of hydrogen-bond acceptors (Lipinski definition) is 3. The molecule has 1 aromatic heterocycles. The molecule has 0 fully saturated rings. The lowest BCUT2D eigenvalue weighted by atomic mass is 10.2. The Kier molecular flexibility index (Phi) is 3.94. The van der Waals surface area contributed by atoms with Gasteiger partial charge in [-0.05, 0) is 30.2 Å². The standard InChI is InChI=1S/C13H12Cl2N2O/c1-2-8-4-3-5-9(6-8)18-13-11(15)7-10(14)12(16)17-13/h3-7H,2H2,1H3,(H2,16,17). The third kappa shape index (κ3) is 2.86. The smallest absolute Gasteiger partial charge is 0.240 e. The van der Waals surface area contributed by atoms with Crippen LogP contribution < -0.4 is 10.5 Å². The highest BCUT2D eigenvalue weighted by atomic mass is 35.5. The van der Waals surface area contributed by atoms with Crippen LogP contribution in [0.25, 0.3) is 0 Å². The molecular formula is C13H12Cl2N2O. The topological polar surface area (TPSA) is 48.1 Å². The van der Waals surface area contributed by atoms with Gasteiger partial charge in [-0.2, -0.15) is 4.98 Å². The van der Waals surface area contributed by atoms with Crippen LogP contribution >= 0.6 is 23.2 Å². The maximum Gasteiger partial charge on any atom is 0.240 e. The molecule has 0 aliphatic carbocycles. The number of anilines is 1. The van der Waals surface area contributed by atoms with Crippen LogP contribution in [0.2, 0.25) is 10.0 Å². The Morgan fingerprint density at radius 2 is 2.00 bits per heavy atom. The van der Waals surface area contributed by atoms with E-state index in [0.29, 0.717) is 15.8 Å². The van der Waals surface area contributed by atoms with Gasteiger partial charge in [0.25, 0.3) is 0 Å². The Bertz CT molecular complexity index is 573. The fraction of sp³-hybridized carbons (Fsp3) is 0.154. The van der Waals surface area contributed by atoms with Crippen molar-refractivity contribution in [3.05, 3.63) is 45.9 Å². The Morgan fingerprint density at radius 1 is 1.22 bits per heavy atom. The van der Waals surface area contributed by atoms with Gasteiger partial charge in [-0.15, -0.1) is 0 Å². The maximum atomic E-state index is 6.00. The van der Waals surface area contributed by atoms with Crippen LogP contribution in [-0.2, 0) is 6.42 Å². The normalized spacial score (nSPS) is 10.4. The molecule has 2 aromatic rings.